The van der Waals surface area contributed by atoms with Gasteiger partial charge in [0.15, 0.2) is 0 Å². The fraction of sp³-hybridized carbons (Fsp3) is 0. The number of anilines is 1. The van der Waals surface area contributed by atoms with E-state index in [4.69, 9.17) is 9.15 Å². The molecule has 1 heterocycles. The maximum absolute atomic E-state index is 12.4. The van der Waals surface area contributed by atoms with Crippen LogP contribution in [0.25, 0.3) is 0 Å². The number of nitrogens with one attached hydrogen (secondary N) is 2. The van der Waals surface area contributed by atoms with Gasteiger partial charge in [-0.05, 0) is 60.7 Å². The van der Waals surface area contributed by atoms with Crippen LogP contribution < -0.4 is 15.5 Å². The number of hydrazone groups is 1. The Kier molecular flexibility index (Phi) is 6.90. The molecule has 3 aromatic carbocycles. The molecule has 0 aliphatic heterocycles. The molecule has 2 amide bonds. The van der Waals surface area contributed by atoms with Crippen LogP contribution in [-0.4, -0.2) is 24.0 Å². The molecular weight excluding hydrogens is 434 g/mol. The number of rotatable bonds is 7. The lowest BCUT2D eigenvalue weighted by molar-refractivity contribution is 0.0700. The van der Waals surface area contributed by atoms with Crippen molar-refractivity contribution in [3.8, 4) is 5.75 Å². The second-order valence-electron chi connectivity index (χ2n) is 7.00. The topological polar surface area (TPSA) is 110 Å². The first-order valence-electron chi connectivity index (χ1n) is 10.2. The van der Waals surface area contributed by atoms with Crippen LogP contribution in [0.5, 0.6) is 5.75 Å². The minimum absolute atomic E-state index is 0.0726. The van der Waals surface area contributed by atoms with Crippen molar-refractivity contribution in [3.63, 3.8) is 0 Å². The summed E-state index contributed by atoms with van der Waals surface area (Å²) in [4.78, 5) is 36.7. The third kappa shape index (κ3) is 5.63. The van der Waals surface area contributed by atoms with Gasteiger partial charge in [0, 0.05) is 22.4 Å². The second-order valence-corrected chi connectivity index (χ2v) is 7.00. The smallest absolute Gasteiger partial charge is 0.379 e. The van der Waals surface area contributed by atoms with Gasteiger partial charge in [-0.25, -0.2) is 10.2 Å². The van der Waals surface area contributed by atoms with Gasteiger partial charge in [0.25, 0.3) is 11.8 Å². The van der Waals surface area contributed by atoms with Gasteiger partial charge in [0.05, 0.1) is 12.5 Å². The van der Waals surface area contributed by atoms with Gasteiger partial charge in [0.2, 0.25) is 5.76 Å². The highest BCUT2D eigenvalue weighted by Gasteiger charge is 2.13. The highest BCUT2D eigenvalue weighted by molar-refractivity contribution is 6.04. The molecular formula is C26H19N3O5. The van der Waals surface area contributed by atoms with E-state index in [0.717, 1.165) is 0 Å². The van der Waals surface area contributed by atoms with Crippen molar-refractivity contribution in [3.05, 3.63) is 120 Å². The van der Waals surface area contributed by atoms with Crippen LogP contribution >= 0.6 is 0 Å². The zero-order valence-electron chi connectivity index (χ0n) is 17.8. The van der Waals surface area contributed by atoms with E-state index in [9.17, 15) is 14.4 Å². The van der Waals surface area contributed by atoms with Crippen molar-refractivity contribution in [2.75, 3.05) is 5.32 Å². The van der Waals surface area contributed by atoms with Crippen LogP contribution in [-0.2, 0) is 0 Å². The summed E-state index contributed by atoms with van der Waals surface area (Å²) >= 11 is 0. The van der Waals surface area contributed by atoms with Crippen LogP contribution in [0.3, 0.4) is 0 Å². The largest absolute Gasteiger partial charge is 0.457 e. The molecule has 34 heavy (non-hydrogen) atoms. The summed E-state index contributed by atoms with van der Waals surface area (Å²) in [6.45, 7) is 0. The highest BCUT2D eigenvalue weighted by atomic mass is 16.5. The quantitative estimate of drug-likeness (QED) is 0.185. The number of nitrogens with zero attached hydrogens (tertiary/aromatic N) is 1. The Balaban J connectivity index is 1.35. The van der Waals surface area contributed by atoms with E-state index >= 15 is 0 Å². The van der Waals surface area contributed by atoms with E-state index in [2.05, 4.69) is 15.8 Å². The standard InChI is InChI=1S/C26H19N3O5/c30-24(18-7-2-1-3-8-18)28-21-14-12-19(13-15-21)25(31)29-27-17-20-9-4-5-10-22(20)34-26(32)23-11-6-16-33-23/h1-17H,(H,28,30)(H,29,31)/b27-17-. The first-order valence-corrected chi connectivity index (χ1v) is 10.2. The first-order chi connectivity index (χ1) is 16.6. The maximum Gasteiger partial charge on any atom is 0.379 e. The number of carbonyl (C=O) groups excluding carboxylic acids is 3. The van der Waals surface area contributed by atoms with Crippen molar-refractivity contribution >= 4 is 29.7 Å². The molecule has 8 nitrogen and oxygen atoms in total. The molecule has 2 N–H and O–H groups in total. The summed E-state index contributed by atoms with van der Waals surface area (Å²) < 4.78 is 10.4. The second kappa shape index (κ2) is 10.6. The molecule has 0 saturated heterocycles. The number of hydrogen-bond donors (Lipinski definition) is 2. The molecule has 0 unspecified atom stereocenters. The number of furan rings is 1. The van der Waals surface area contributed by atoms with E-state index in [0.29, 0.717) is 22.4 Å². The van der Waals surface area contributed by atoms with E-state index in [1.165, 1.54) is 18.5 Å². The lowest BCUT2D eigenvalue weighted by Crippen LogP contribution is -2.18. The summed E-state index contributed by atoms with van der Waals surface area (Å²) in [5.41, 5.74) is 4.36. The Morgan fingerprint density at radius 2 is 1.47 bits per heavy atom. The number of para-hydroxylation sites is 1. The van der Waals surface area contributed by atoms with Crippen molar-refractivity contribution < 1.29 is 23.5 Å². The van der Waals surface area contributed by atoms with Crippen molar-refractivity contribution in [2.24, 2.45) is 5.10 Å². The minimum Gasteiger partial charge on any atom is -0.457 e. The normalized spacial score (nSPS) is 10.6. The Labute approximate surface area is 194 Å². The van der Waals surface area contributed by atoms with Crippen LogP contribution in [0.1, 0.15) is 36.8 Å². The molecule has 0 bridgehead atoms. The van der Waals surface area contributed by atoms with Crippen molar-refractivity contribution in [1.29, 1.82) is 0 Å². The highest BCUT2D eigenvalue weighted by Crippen LogP contribution is 2.18. The predicted octanol–water partition coefficient (Wildman–Crippen LogP) is 4.52. The molecule has 168 valence electrons. The number of amides is 2. The zero-order valence-corrected chi connectivity index (χ0v) is 17.8. The first kappa shape index (κ1) is 22.2. The van der Waals surface area contributed by atoms with Gasteiger partial charge in [-0.2, -0.15) is 5.10 Å². The molecule has 0 radical (unpaired) electrons. The molecule has 4 aromatic rings. The van der Waals surface area contributed by atoms with Crippen LogP contribution in [0.2, 0.25) is 0 Å². The SMILES string of the molecule is O=C(N/N=C\c1ccccc1OC(=O)c1ccco1)c1ccc(NC(=O)c2ccccc2)cc1. The summed E-state index contributed by atoms with van der Waals surface area (Å²) in [5.74, 6) is -0.991. The summed E-state index contributed by atoms with van der Waals surface area (Å²) in [7, 11) is 0. The van der Waals surface area contributed by atoms with Gasteiger partial charge in [-0.3, -0.25) is 9.59 Å². The fourth-order valence-electron chi connectivity index (χ4n) is 2.95. The Bertz CT molecular complexity index is 1310. The summed E-state index contributed by atoms with van der Waals surface area (Å²) in [5, 5.41) is 6.72. The van der Waals surface area contributed by atoms with Gasteiger partial charge in [-0.1, -0.05) is 30.3 Å². The molecule has 0 aliphatic carbocycles. The lowest BCUT2D eigenvalue weighted by Gasteiger charge is -2.07. The molecule has 0 atom stereocenters. The monoisotopic (exact) mass is 453 g/mol. The Morgan fingerprint density at radius 3 is 2.21 bits per heavy atom. The number of esters is 1. The van der Waals surface area contributed by atoms with Gasteiger partial charge < -0.3 is 14.5 Å². The van der Waals surface area contributed by atoms with Gasteiger partial charge >= 0.3 is 5.97 Å². The van der Waals surface area contributed by atoms with Crippen molar-refractivity contribution in [1.82, 2.24) is 5.43 Å². The Morgan fingerprint density at radius 1 is 0.765 bits per heavy atom. The van der Waals surface area contributed by atoms with E-state index in [1.807, 2.05) is 6.07 Å². The number of benzene rings is 3. The third-order valence-corrected chi connectivity index (χ3v) is 4.65. The predicted molar refractivity (Wildman–Crippen MR) is 126 cm³/mol. The molecule has 0 spiro atoms. The fourth-order valence-corrected chi connectivity index (χ4v) is 2.95. The number of hydrogen-bond acceptors (Lipinski definition) is 6. The lowest BCUT2D eigenvalue weighted by atomic mass is 10.1. The van der Waals surface area contributed by atoms with Crippen molar-refractivity contribution in [2.45, 2.75) is 0 Å². The average Bonchev–Trinajstić information content (AvgIpc) is 3.41. The molecule has 4 rings (SSSR count). The molecule has 1 aromatic heterocycles. The summed E-state index contributed by atoms with van der Waals surface area (Å²) in [6.07, 6.45) is 2.75. The number of carbonyl (C=O) groups is 3. The van der Waals surface area contributed by atoms with E-state index in [1.54, 1.807) is 78.9 Å². The number of ether oxygens (including phenoxy) is 1. The summed E-state index contributed by atoms with van der Waals surface area (Å²) in [6, 6.07) is 25.1. The van der Waals surface area contributed by atoms with Crippen LogP contribution in [0, 0.1) is 0 Å². The zero-order chi connectivity index (χ0) is 23.8. The molecule has 0 aliphatic rings. The third-order valence-electron chi connectivity index (χ3n) is 4.65. The van der Waals surface area contributed by atoms with Gasteiger partial charge in [0.1, 0.15) is 5.75 Å². The van der Waals surface area contributed by atoms with E-state index < -0.39 is 11.9 Å². The molecule has 0 saturated carbocycles. The molecule has 8 heteroatoms. The van der Waals surface area contributed by atoms with Crippen LogP contribution in [0.4, 0.5) is 5.69 Å². The minimum atomic E-state index is -0.644. The Hall–Kier alpha value is -4.98. The van der Waals surface area contributed by atoms with E-state index in [-0.39, 0.29) is 17.4 Å². The molecule has 0 fully saturated rings. The van der Waals surface area contributed by atoms with Crippen LogP contribution in [0.15, 0.2) is 107 Å². The average molecular weight is 453 g/mol. The van der Waals surface area contributed by atoms with Gasteiger partial charge in [-0.15, -0.1) is 0 Å². The maximum atomic E-state index is 12.4.